The number of rotatable bonds is 4. The lowest BCUT2D eigenvalue weighted by atomic mass is 9.78. The number of amides is 1. The summed E-state index contributed by atoms with van der Waals surface area (Å²) in [6.07, 6.45) is 11.7. The van der Waals surface area contributed by atoms with E-state index >= 15 is 0 Å². The average molecular weight is 248 g/mol. The summed E-state index contributed by atoms with van der Waals surface area (Å²) in [6.45, 7) is 0. The average Bonchev–Trinajstić information content (AvgIpc) is 3.00. The van der Waals surface area contributed by atoms with Gasteiger partial charge < -0.3 is 15.6 Å². The van der Waals surface area contributed by atoms with Crippen LogP contribution in [0.2, 0.25) is 0 Å². The van der Waals surface area contributed by atoms with Crippen molar-refractivity contribution in [3.63, 3.8) is 0 Å². The van der Waals surface area contributed by atoms with Crippen LogP contribution in [0.5, 0.6) is 0 Å². The standard InChI is InChI=1S/C13H20N4O/c14-12(18)13(16-10-3-4-10)5-1-2-11(8-13)17-7-6-15-9-17/h6-7,9-11,16H,1-5,8H2,(H2,14,18). The number of nitrogens with zero attached hydrogens (tertiary/aromatic N) is 2. The Hall–Kier alpha value is -1.36. The van der Waals surface area contributed by atoms with E-state index in [1.807, 2.05) is 12.5 Å². The Balaban J connectivity index is 1.79. The van der Waals surface area contributed by atoms with Crippen LogP contribution >= 0.6 is 0 Å². The summed E-state index contributed by atoms with van der Waals surface area (Å²) < 4.78 is 2.10. The summed E-state index contributed by atoms with van der Waals surface area (Å²) in [5.41, 5.74) is 5.16. The van der Waals surface area contributed by atoms with Gasteiger partial charge in [-0.1, -0.05) is 0 Å². The van der Waals surface area contributed by atoms with E-state index in [2.05, 4.69) is 14.9 Å². The molecule has 18 heavy (non-hydrogen) atoms. The summed E-state index contributed by atoms with van der Waals surface area (Å²) in [4.78, 5) is 16.0. The largest absolute Gasteiger partial charge is 0.368 e. The minimum Gasteiger partial charge on any atom is -0.368 e. The highest BCUT2D eigenvalue weighted by atomic mass is 16.1. The van der Waals surface area contributed by atoms with E-state index in [-0.39, 0.29) is 5.91 Å². The van der Waals surface area contributed by atoms with Crippen molar-refractivity contribution in [2.45, 2.75) is 56.1 Å². The highest BCUT2D eigenvalue weighted by Crippen LogP contribution is 2.37. The Labute approximate surface area is 107 Å². The fraction of sp³-hybridized carbons (Fsp3) is 0.692. The minimum absolute atomic E-state index is 0.195. The molecule has 2 aliphatic rings. The van der Waals surface area contributed by atoms with E-state index in [4.69, 9.17) is 5.73 Å². The van der Waals surface area contributed by atoms with Gasteiger partial charge in [-0.05, 0) is 38.5 Å². The molecule has 3 rings (SSSR count). The van der Waals surface area contributed by atoms with Gasteiger partial charge in [-0.2, -0.15) is 0 Å². The lowest BCUT2D eigenvalue weighted by Gasteiger charge is -2.39. The van der Waals surface area contributed by atoms with Gasteiger partial charge in [0.2, 0.25) is 5.91 Å². The third-order valence-corrected chi connectivity index (χ3v) is 4.20. The van der Waals surface area contributed by atoms with Gasteiger partial charge in [0.25, 0.3) is 0 Å². The molecule has 3 N–H and O–H groups in total. The van der Waals surface area contributed by atoms with Gasteiger partial charge in [0.05, 0.1) is 11.9 Å². The van der Waals surface area contributed by atoms with Gasteiger partial charge in [-0.15, -0.1) is 0 Å². The highest BCUT2D eigenvalue weighted by Gasteiger charge is 2.44. The van der Waals surface area contributed by atoms with Crippen molar-refractivity contribution < 1.29 is 4.79 Å². The molecule has 1 heterocycles. The molecule has 2 atom stereocenters. The quantitative estimate of drug-likeness (QED) is 0.834. The first-order valence-electron chi connectivity index (χ1n) is 6.75. The minimum atomic E-state index is -0.506. The fourth-order valence-corrected chi connectivity index (χ4v) is 3.03. The van der Waals surface area contributed by atoms with Crippen LogP contribution in [0.1, 0.15) is 44.6 Å². The lowest BCUT2D eigenvalue weighted by molar-refractivity contribution is -0.126. The molecule has 0 aromatic carbocycles. The maximum atomic E-state index is 11.9. The van der Waals surface area contributed by atoms with E-state index < -0.39 is 5.54 Å². The van der Waals surface area contributed by atoms with Crippen molar-refractivity contribution in [1.29, 1.82) is 0 Å². The molecule has 0 bridgehead atoms. The Bertz CT molecular complexity index is 426. The van der Waals surface area contributed by atoms with Crippen LogP contribution < -0.4 is 11.1 Å². The molecule has 1 amide bonds. The normalized spacial score (nSPS) is 32.3. The second kappa shape index (κ2) is 4.39. The number of aromatic nitrogens is 2. The van der Waals surface area contributed by atoms with E-state index in [0.29, 0.717) is 12.1 Å². The van der Waals surface area contributed by atoms with Crippen LogP contribution in [-0.2, 0) is 4.79 Å². The first-order chi connectivity index (χ1) is 8.70. The van der Waals surface area contributed by atoms with E-state index in [1.165, 1.54) is 12.8 Å². The number of carbonyl (C=O) groups excluding carboxylic acids is 1. The molecule has 2 aliphatic carbocycles. The van der Waals surface area contributed by atoms with Gasteiger partial charge in [0.15, 0.2) is 0 Å². The molecule has 98 valence electrons. The molecule has 0 spiro atoms. The number of imidazole rings is 1. The molecule has 0 saturated heterocycles. The summed E-state index contributed by atoms with van der Waals surface area (Å²) in [5, 5.41) is 3.49. The molecule has 1 aromatic rings. The molecule has 2 fully saturated rings. The predicted octanol–water partition coefficient (Wildman–Crippen LogP) is 0.974. The summed E-state index contributed by atoms with van der Waals surface area (Å²) in [5.74, 6) is -0.195. The molecule has 5 nitrogen and oxygen atoms in total. The molecule has 2 saturated carbocycles. The lowest BCUT2D eigenvalue weighted by Crippen LogP contribution is -2.58. The van der Waals surface area contributed by atoms with Crippen LogP contribution in [0.15, 0.2) is 18.7 Å². The third-order valence-electron chi connectivity index (χ3n) is 4.20. The van der Waals surface area contributed by atoms with Crippen molar-refractivity contribution in [2.75, 3.05) is 0 Å². The number of hydrogen-bond acceptors (Lipinski definition) is 3. The van der Waals surface area contributed by atoms with Crippen LogP contribution in [0.3, 0.4) is 0 Å². The van der Waals surface area contributed by atoms with Crippen LogP contribution in [-0.4, -0.2) is 27.0 Å². The molecule has 0 aliphatic heterocycles. The van der Waals surface area contributed by atoms with Crippen molar-refractivity contribution in [1.82, 2.24) is 14.9 Å². The van der Waals surface area contributed by atoms with E-state index in [0.717, 1.165) is 25.7 Å². The zero-order chi connectivity index (χ0) is 12.6. The summed E-state index contributed by atoms with van der Waals surface area (Å²) in [7, 11) is 0. The number of carbonyl (C=O) groups is 1. The van der Waals surface area contributed by atoms with Crippen molar-refractivity contribution >= 4 is 5.91 Å². The molecule has 5 heteroatoms. The van der Waals surface area contributed by atoms with E-state index in [9.17, 15) is 4.79 Å². The van der Waals surface area contributed by atoms with Crippen molar-refractivity contribution in [3.05, 3.63) is 18.7 Å². The third kappa shape index (κ3) is 2.14. The predicted molar refractivity (Wildman–Crippen MR) is 67.8 cm³/mol. The smallest absolute Gasteiger partial charge is 0.237 e. The molecular formula is C13H20N4O. The molecule has 1 aromatic heterocycles. The van der Waals surface area contributed by atoms with Crippen LogP contribution in [0.4, 0.5) is 0 Å². The Morgan fingerprint density at radius 2 is 2.28 bits per heavy atom. The van der Waals surface area contributed by atoms with Gasteiger partial charge in [0.1, 0.15) is 0 Å². The second-order valence-corrected chi connectivity index (χ2v) is 5.63. The van der Waals surface area contributed by atoms with Crippen LogP contribution in [0, 0.1) is 0 Å². The monoisotopic (exact) mass is 248 g/mol. The molecule has 2 unspecified atom stereocenters. The fourth-order valence-electron chi connectivity index (χ4n) is 3.03. The maximum Gasteiger partial charge on any atom is 0.237 e. The Kier molecular flexibility index (Phi) is 2.86. The molecular weight excluding hydrogens is 228 g/mol. The Morgan fingerprint density at radius 3 is 2.89 bits per heavy atom. The number of nitrogens with two attached hydrogens (primary N) is 1. The van der Waals surface area contributed by atoms with Gasteiger partial charge in [-0.3, -0.25) is 4.79 Å². The van der Waals surface area contributed by atoms with Crippen LogP contribution in [0.25, 0.3) is 0 Å². The number of nitrogens with one attached hydrogen (secondary N) is 1. The number of hydrogen-bond donors (Lipinski definition) is 2. The zero-order valence-corrected chi connectivity index (χ0v) is 10.5. The first-order valence-corrected chi connectivity index (χ1v) is 6.75. The molecule has 0 radical (unpaired) electrons. The Morgan fingerprint density at radius 1 is 1.44 bits per heavy atom. The summed E-state index contributed by atoms with van der Waals surface area (Å²) >= 11 is 0. The van der Waals surface area contributed by atoms with Gasteiger partial charge in [-0.25, -0.2) is 4.98 Å². The maximum absolute atomic E-state index is 11.9. The van der Waals surface area contributed by atoms with Gasteiger partial charge in [0, 0.05) is 24.5 Å². The summed E-state index contributed by atoms with van der Waals surface area (Å²) in [6, 6.07) is 0.832. The number of primary amides is 1. The van der Waals surface area contributed by atoms with Crippen molar-refractivity contribution in [3.8, 4) is 0 Å². The zero-order valence-electron chi connectivity index (χ0n) is 10.5. The van der Waals surface area contributed by atoms with E-state index in [1.54, 1.807) is 6.20 Å². The van der Waals surface area contributed by atoms with Gasteiger partial charge >= 0.3 is 0 Å². The highest BCUT2D eigenvalue weighted by molar-refractivity contribution is 5.85. The SMILES string of the molecule is NC(=O)C1(NC2CC2)CCCC(n2ccnc2)C1. The first kappa shape index (κ1) is 11.7. The van der Waals surface area contributed by atoms with Crippen molar-refractivity contribution in [2.24, 2.45) is 5.73 Å². The topological polar surface area (TPSA) is 72.9 Å². The second-order valence-electron chi connectivity index (χ2n) is 5.63.